The van der Waals surface area contributed by atoms with Crippen molar-refractivity contribution >= 4 is 0 Å². The largest absolute Gasteiger partial charge is 0.294 e. The highest BCUT2D eigenvalue weighted by Gasteiger charge is 2.37. The van der Waals surface area contributed by atoms with Gasteiger partial charge in [-0.3, -0.25) is 4.90 Å². The molecule has 7 aliphatic rings. The van der Waals surface area contributed by atoms with E-state index in [1.54, 1.807) is 0 Å². The van der Waals surface area contributed by atoms with Crippen LogP contribution >= 0.6 is 0 Å². The molecule has 1 nitrogen and oxygen atoms in total. The zero-order valence-electron chi connectivity index (χ0n) is 33.4. The summed E-state index contributed by atoms with van der Waals surface area (Å²) in [6, 6.07) is 2.57. The average Bonchev–Trinajstić information content (AvgIpc) is 3.21. The summed E-state index contributed by atoms with van der Waals surface area (Å²) in [6.45, 7) is 0. The number of allylic oxidation sites excluding steroid dienone is 8. The van der Waals surface area contributed by atoms with E-state index in [4.69, 9.17) is 0 Å². The molecule has 0 aliphatic heterocycles. The number of nitrogens with zero attached hydrogens (tertiary/aromatic N) is 1. The van der Waals surface area contributed by atoms with Crippen molar-refractivity contribution in [3.63, 3.8) is 0 Å². The normalized spacial score (nSPS) is 32.1. The second kappa shape index (κ2) is 20.6. The fraction of sp³-hybridized carbons (Fsp3) is 0.840. The summed E-state index contributed by atoms with van der Waals surface area (Å²) >= 11 is 0. The second-order valence-electron chi connectivity index (χ2n) is 19.3. The van der Waals surface area contributed by atoms with E-state index in [9.17, 15) is 0 Å². The molecular weight excluding hydrogens is 615 g/mol. The quantitative estimate of drug-likeness (QED) is 0.195. The van der Waals surface area contributed by atoms with Crippen molar-refractivity contribution in [3.05, 3.63) is 47.6 Å². The van der Waals surface area contributed by atoms with Gasteiger partial charge in [0.05, 0.1) is 0 Å². The molecule has 286 valence electrons. The molecule has 51 heavy (non-hydrogen) atoms. The zero-order chi connectivity index (χ0) is 34.5. The highest BCUT2D eigenvalue weighted by atomic mass is 15.2. The molecule has 0 saturated heterocycles. The minimum absolute atomic E-state index is 0.811. The summed E-state index contributed by atoms with van der Waals surface area (Å²) in [4.78, 5) is 3.20. The first kappa shape index (κ1) is 38.2. The Morgan fingerprint density at radius 3 is 0.882 bits per heavy atom. The number of rotatable bonds is 11. The van der Waals surface area contributed by atoms with E-state index >= 15 is 0 Å². The van der Waals surface area contributed by atoms with Gasteiger partial charge in [-0.15, -0.1) is 0 Å². The van der Waals surface area contributed by atoms with E-state index in [1.807, 2.05) is 11.1 Å². The predicted octanol–water partition coefficient (Wildman–Crippen LogP) is 15.0. The smallest absolute Gasteiger partial charge is 0.0102 e. The Morgan fingerprint density at radius 2 is 0.569 bits per heavy atom. The maximum atomic E-state index is 3.20. The Balaban J connectivity index is 0.937. The van der Waals surface area contributed by atoms with Crippen LogP contribution in [0.15, 0.2) is 47.6 Å². The summed E-state index contributed by atoms with van der Waals surface area (Å²) in [7, 11) is 0. The lowest BCUT2D eigenvalue weighted by atomic mass is 9.73. The van der Waals surface area contributed by atoms with Crippen molar-refractivity contribution in [2.45, 2.75) is 230 Å². The van der Waals surface area contributed by atoms with Gasteiger partial charge < -0.3 is 0 Å². The van der Waals surface area contributed by atoms with Gasteiger partial charge in [0.2, 0.25) is 0 Å². The van der Waals surface area contributed by atoms with E-state index in [-0.39, 0.29) is 0 Å². The Kier molecular flexibility index (Phi) is 15.4. The van der Waals surface area contributed by atoms with Crippen LogP contribution in [0.2, 0.25) is 0 Å². The zero-order valence-corrected chi connectivity index (χ0v) is 33.4. The van der Waals surface area contributed by atoms with Crippen LogP contribution in [0.3, 0.4) is 0 Å². The summed E-state index contributed by atoms with van der Waals surface area (Å²) < 4.78 is 0. The minimum atomic E-state index is 0.811. The lowest BCUT2D eigenvalue weighted by molar-refractivity contribution is 0.0145. The third-order valence-electron chi connectivity index (χ3n) is 16.0. The van der Waals surface area contributed by atoms with Crippen molar-refractivity contribution in [1.29, 1.82) is 0 Å². The van der Waals surface area contributed by atoms with Crippen molar-refractivity contribution in [2.24, 2.45) is 35.5 Å². The molecule has 0 spiro atoms. The molecule has 0 amide bonds. The first-order valence-corrected chi connectivity index (χ1v) is 23.9. The van der Waals surface area contributed by atoms with Crippen LogP contribution in [0.5, 0.6) is 0 Å². The van der Waals surface area contributed by atoms with Crippen LogP contribution in [0, 0.1) is 35.5 Å². The van der Waals surface area contributed by atoms with Gasteiger partial charge in [0.15, 0.2) is 0 Å². The lowest BCUT2D eigenvalue weighted by Gasteiger charge is -2.48. The highest BCUT2D eigenvalue weighted by Crippen LogP contribution is 2.43. The van der Waals surface area contributed by atoms with Crippen LogP contribution in [0.1, 0.15) is 212 Å². The predicted molar refractivity (Wildman–Crippen MR) is 221 cm³/mol. The summed E-state index contributed by atoms with van der Waals surface area (Å²) in [6.07, 6.45) is 64.1. The lowest BCUT2D eigenvalue weighted by Crippen LogP contribution is -2.52. The standard InChI is InChI=1S/C50H81N/c1-6-20-42(21-7-1)49(43-22-8-2-9-23-43)30-16-18-40-32-36-47(37-33-40)51(46-28-14-5-15-29-46)48-38-34-41(35-39-48)19-17-31-50(44-24-10-3-11-25-44)45-26-12-4-13-27-45/h16-19,30-31,40-48H,1-15,20-29,32-39H2. The van der Waals surface area contributed by atoms with E-state index < -0.39 is 0 Å². The van der Waals surface area contributed by atoms with Crippen molar-refractivity contribution in [2.75, 3.05) is 0 Å². The van der Waals surface area contributed by atoms with Gasteiger partial charge in [-0.25, -0.2) is 0 Å². The molecule has 0 N–H and O–H groups in total. The van der Waals surface area contributed by atoms with Crippen LogP contribution in [-0.4, -0.2) is 23.0 Å². The van der Waals surface area contributed by atoms with Crippen molar-refractivity contribution in [1.82, 2.24) is 4.90 Å². The third-order valence-corrected chi connectivity index (χ3v) is 16.0. The van der Waals surface area contributed by atoms with Gasteiger partial charge in [0, 0.05) is 18.1 Å². The molecule has 1 heteroatoms. The van der Waals surface area contributed by atoms with Gasteiger partial charge in [-0.05, 0) is 151 Å². The molecule has 7 aliphatic carbocycles. The van der Waals surface area contributed by atoms with E-state index in [0.717, 1.165) is 53.6 Å². The molecule has 0 aromatic rings. The molecule has 7 rings (SSSR count). The monoisotopic (exact) mass is 696 g/mol. The van der Waals surface area contributed by atoms with E-state index in [1.165, 1.54) is 212 Å². The molecule has 0 unspecified atom stereocenters. The fourth-order valence-electron chi connectivity index (χ4n) is 13.1. The SMILES string of the molecule is C(=CC1CCC(N(C2CCCCC2)C2CCC(C=CC=C(C3CCCCC3)C3CCCCC3)CC2)CC1)C=C(C1CCCCC1)C1CCCCC1. The molecule has 0 radical (unpaired) electrons. The molecule has 7 saturated carbocycles. The van der Waals surface area contributed by atoms with Crippen LogP contribution in [0.4, 0.5) is 0 Å². The van der Waals surface area contributed by atoms with Gasteiger partial charge in [0.1, 0.15) is 0 Å². The maximum absolute atomic E-state index is 3.20. The third kappa shape index (κ3) is 11.0. The first-order chi connectivity index (χ1) is 25.3. The molecule has 0 aromatic carbocycles. The molecular formula is C50H81N. The fourth-order valence-corrected chi connectivity index (χ4v) is 13.1. The Morgan fingerprint density at radius 1 is 0.294 bits per heavy atom. The van der Waals surface area contributed by atoms with E-state index in [0.29, 0.717) is 0 Å². The first-order valence-electron chi connectivity index (χ1n) is 23.9. The molecule has 0 heterocycles. The number of hydrogen-bond donors (Lipinski definition) is 0. The molecule has 0 atom stereocenters. The summed E-state index contributed by atoms with van der Waals surface area (Å²) in [5.41, 5.74) is 3.75. The van der Waals surface area contributed by atoms with E-state index in [2.05, 4.69) is 41.4 Å². The van der Waals surface area contributed by atoms with Gasteiger partial charge in [-0.1, -0.05) is 144 Å². The second-order valence-corrected chi connectivity index (χ2v) is 19.3. The van der Waals surface area contributed by atoms with Crippen molar-refractivity contribution < 1.29 is 0 Å². The van der Waals surface area contributed by atoms with Crippen LogP contribution in [0.25, 0.3) is 0 Å². The highest BCUT2D eigenvalue weighted by molar-refractivity contribution is 5.21. The Hall–Kier alpha value is -1.08. The van der Waals surface area contributed by atoms with Crippen molar-refractivity contribution in [3.8, 4) is 0 Å². The van der Waals surface area contributed by atoms with Crippen LogP contribution < -0.4 is 0 Å². The molecule has 0 bridgehead atoms. The summed E-state index contributed by atoms with van der Waals surface area (Å²) in [5, 5.41) is 0. The van der Waals surface area contributed by atoms with Gasteiger partial charge in [-0.2, -0.15) is 0 Å². The minimum Gasteiger partial charge on any atom is -0.294 e. The average molecular weight is 696 g/mol. The summed E-state index contributed by atoms with van der Waals surface area (Å²) in [5.74, 6) is 5.21. The van der Waals surface area contributed by atoms with Gasteiger partial charge >= 0.3 is 0 Å². The Labute approximate surface area is 317 Å². The molecule has 0 aromatic heterocycles. The Bertz CT molecular complexity index is 974. The number of hydrogen-bond acceptors (Lipinski definition) is 1. The van der Waals surface area contributed by atoms with Crippen LogP contribution in [-0.2, 0) is 0 Å². The topological polar surface area (TPSA) is 3.24 Å². The molecule has 7 fully saturated rings. The maximum Gasteiger partial charge on any atom is 0.0102 e. The van der Waals surface area contributed by atoms with Gasteiger partial charge in [0.25, 0.3) is 0 Å².